The smallest absolute Gasteiger partial charge is 0.268 e. The van der Waals surface area contributed by atoms with Gasteiger partial charge in [-0.25, -0.2) is 8.42 Å². The highest BCUT2D eigenvalue weighted by Crippen LogP contribution is 2.24. The van der Waals surface area contributed by atoms with Crippen LogP contribution in [0.15, 0.2) is 53.4 Å². The molecule has 0 aromatic heterocycles. The summed E-state index contributed by atoms with van der Waals surface area (Å²) in [4.78, 5) is 14.6. The number of carbonyl (C=O) groups excluding carboxylic acids is 1. The molecule has 0 saturated heterocycles. The highest BCUT2D eigenvalue weighted by atomic mass is 35.5. The molecule has 0 fully saturated rings. The maximum absolute atomic E-state index is 12.4. The van der Waals surface area contributed by atoms with Gasteiger partial charge in [0.05, 0.1) is 17.0 Å². The zero-order valence-corrected chi connectivity index (χ0v) is 12.4. The van der Waals surface area contributed by atoms with E-state index in [0.29, 0.717) is 10.6 Å². The summed E-state index contributed by atoms with van der Waals surface area (Å²) < 4.78 is 24.3. The molecule has 7 heteroatoms. The molecule has 1 aliphatic rings. The summed E-state index contributed by atoms with van der Waals surface area (Å²) in [6, 6.07) is 13.1. The van der Waals surface area contributed by atoms with Crippen molar-refractivity contribution < 1.29 is 13.2 Å². The van der Waals surface area contributed by atoms with Gasteiger partial charge in [0.25, 0.3) is 15.9 Å². The van der Waals surface area contributed by atoms with Gasteiger partial charge in [-0.15, -0.1) is 4.83 Å². The fraction of sp³-hybridized carbons (Fsp3) is 0.0714. The van der Waals surface area contributed by atoms with Gasteiger partial charge in [-0.3, -0.25) is 9.80 Å². The van der Waals surface area contributed by atoms with Crippen LogP contribution in [0.2, 0.25) is 5.02 Å². The Labute approximate surface area is 127 Å². The number of halogens is 1. The first-order valence-electron chi connectivity index (χ1n) is 6.16. The Bertz CT molecular complexity index is 820. The van der Waals surface area contributed by atoms with Crippen LogP contribution in [-0.2, 0) is 16.6 Å². The number of hydrogen-bond acceptors (Lipinski definition) is 3. The molecule has 0 radical (unpaired) electrons. The van der Waals surface area contributed by atoms with E-state index in [4.69, 9.17) is 11.6 Å². The fourth-order valence-electron chi connectivity index (χ4n) is 2.16. The van der Waals surface area contributed by atoms with Crippen molar-refractivity contribution in [2.45, 2.75) is 11.4 Å². The maximum atomic E-state index is 12.4. The number of rotatable bonds is 2. The van der Waals surface area contributed by atoms with Crippen LogP contribution in [0, 0.1) is 0 Å². The van der Waals surface area contributed by atoms with Crippen molar-refractivity contribution in [1.29, 1.82) is 0 Å². The first-order valence-corrected chi connectivity index (χ1v) is 8.02. The SMILES string of the molecule is O=C1c2ccccc2S(=O)(=O)NN1Cc1ccccc1Cl. The van der Waals surface area contributed by atoms with Gasteiger partial charge in [0.15, 0.2) is 0 Å². The molecule has 0 unspecified atom stereocenters. The monoisotopic (exact) mass is 322 g/mol. The van der Waals surface area contributed by atoms with Crippen molar-refractivity contribution >= 4 is 27.5 Å². The van der Waals surface area contributed by atoms with Crippen LogP contribution in [0.1, 0.15) is 15.9 Å². The third-order valence-corrected chi connectivity index (χ3v) is 4.93. The molecule has 1 aliphatic heterocycles. The molecule has 1 amide bonds. The number of hydrazine groups is 1. The fourth-order valence-corrected chi connectivity index (χ4v) is 3.59. The second kappa shape index (κ2) is 5.14. The number of benzene rings is 2. The molecule has 2 aromatic carbocycles. The molecule has 3 rings (SSSR count). The zero-order valence-electron chi connectivity index (χ0n) is 10.8. The van der Waals surface area contributed by atoms with Gasteiger partial charge < -0.3 is 0 Å². The molecule has 21 heavy (non-hydrogen) atoms. The van der Waals surface area contributed by atoms with Crippen molar-refractivity contribution in [2.75, 3.05) is 0 Å². The Morgan fingerprint density at radius 3 is 2.48 bits per heavy atom. The molecule has 0 atom stereocenters. The Balaban J connectivity index is 2.00. The first kappa shape index (κ1) is 14.1. The minimum Gasteiger partial charge on any atom is -0.268 e. The predicted molar refractivity (Wildman–Crippen MR) is 78.1 cm³/mol. The number of carbonyl (C=O) groups is 1. The zero-order chi connectivity index (χ0) is 15.0. The molecule has 1 heterocycles. The van der Waals surface area contributed by atoms with Gasteiger partial charge in [-0.1, -0.05) is 41.9 Å². The summed E-state index contributed by atoms with van der Waals surface area (Å²) in [5.74, 6) is -0.402. The molecule has 0 saturated carbocycles. The standard InChI is InChI=1S/C14H11ClN2O3S/c15-12-7-3-1-5-10(12)9-17-14(18)11-6-2-4-8-13(11)21(19,20)16-17/h1-8,16H,9H2. The molecular formula is C14H11ClN2O3S. The number of nitrogens with zero attached hydrogens (tertiary/aromatic N) is 1. The van der Waals surface area contributed by atoms with E-state index in [1.807, 2.05) is 0 Å². The van der Waals surface area contributed by atoms with E-state index in [2.05, 4.69) is 4.83 Å². The molecule has 108 valence electrons. The molecule has 0 bridgehead atoms. The van der Waals surface area contributed by atoms with Crippen LogP contribution < -0.4 is 4.83 Å². The van der Waals surface area contributed by atoms with Gasteiger partial charge in [0, 0.05) is 5.02 Å². The van der Waals surface area contributed by atoms with Crippen molar-refractivity contribution in [3.8, 4) is 0 Å². The number of hydrogen-bond donors (Lipinski definition) is 1. The summed E-state index contributed by atoms with van der Waals surface area (Å²) in [5.41, 5.74) is 0.818. The topological polar surface area (TPSA) is 66.5 Å². The van der Waals surface area contributed by atoms with E-state index in [9.17, 15) is 13.2 Å². The largest absolute Gasteiger partial charge is 0.270 e. The van der Waals surface area contributed by atoms with Crippen LogP contribution >= 0.6 is 11.6 Å². The third kappa shape index (κ3) is 2.53. The average molecular weight is 323 g/mol. The lowest BCUT2D eigenvalue weighted by atomic mass is 10.2. The highest BCUT2D eigenvalue weighted by Gasteiger charge is 2.33. The van der Waals surface area contributed by atoms with E-state index in [1.54, 1.807) is 36.4 Å². The first-order chi connectivity index (χ1) is 9.99. The van der Waals surface area contributed by atoms with Crippen LogP contribution in [0.5, 0.6) is 0 Å². The Kier molecular flexibility index (Phi) is 3.44. The molecule has 0 aliphatic carbocycles. The second-order valence-corrected chi connectivity index (χ2v) is 6.61. The lowest BCUT2D eigenvalue weighted by molar-refractivity contribution is 0.0687. The van der Waals surface area contributed by atoms with Gasteiger partial charge in [0.2, 0.25) is 0 Å². The second-order valence-electron chi connectivity index (χ2n) is 4.57. The Morgan fingerprint density at radius 2 is 1.71 bits per heavy atom. The lowest BCUT2D eigenvalue weighted by Crippen LogP contribution is -2.49. The molecule has 0 spiro atoms. The van der Waals surface area contributed by atoms with Crippen molar-refractivity contribution in [3.05, 3.63) is 64.7 Å². The minimum atomic E-state index is -3.75. The number of nitrogens with one attached hydrogen (secondary N) is 1. The molecule has 2 aromatic rings. The van der Waals surface area contributed by atoms with Crippen molar-refractivity contribution in [3.63, 3.8) is 0 Å². The van der Waals surface area contributed by atoms with Gasteiger partial charge in [-0.2, -0.15) is 0 Å². The average Bonchev–Trinajstić information content (AvgIpc) is 2.47. The Morgan fingerprint density at radius 1 is 1.05 bits per heavy atom. The molecule has 5 nitrogen and oxygen atoms in total. The number of sulfonamides is 1. The molecule has 1 N–H and O–H groups in total. The predicted octanol–water partition coefficient (Wildman–Crippen LogP) is 2.19. The van der Waals surface area contributed by atoms with E-state index in [0.717, 1.165) is 5.01 Å². The summed E-state index contributed by atoms with van der Waals surface area (Å²) >= 11 is 6.05. The normalized spacial score (nSPS) is 16.6. The highest BCUT2D eigenvalue weighted by molar-refractivity contribution is 7.89. The van der Waals surface area contributed by atoms with Crippen LogP contribution in [0.3, 0.4) is 0 Å². The van der Waals surface area contributed by atoms with Crippen LogP contribution in [-0.4, -0.2) is 19.3 Å². The van der Waals surface area contributed by atoms with Gasteiger partial charge >= 0.3 is 0 Å². The molecular weight excluding hydrogens is 312 g/mol. The van der Waals surface area contributed by atoms with Crippen molar-refractivity contribution in [2.24, 2.45) is 0 Å². The van der Waals surface area contributed by atoms with Crippen LogP contribution in [0.25, 0.3) is 0 Å². The van der Waals surface area contributed by atoms with Crippen LogP contribution in [0.4, 0.5) is 0 Å². The quantitative estimate of drug-likeness (QED) is 0.921. The van der Waals surface area contributed by atoms with E-state index in [-0.39, 0.29) is 17.0 Å². The summed E-state index contributed by atoms with van der Waals surface area (Å²) in [6.45, 7) is 0.0616. The van der Waals surface area contributed by atoms with E-state index < -0.39 is 15.9 Å². The number of fused-ring (bicyclic) bond motifs is 1. The maximum Gasteiger partial charge on any atom is 0.270 e. The summed E-state index contributed by atoms with van der Waals surface area (Å²) in [6.07, 6.45) is 0. The third-order valence-electron chi connectivity index (χ3n) is 3.17. The summed E-state index contributed by atoms with van der Waals surface area (Å²) in [5, 5.41) is 1.53. The summed E-state index contributed by atoms with van der Waals surface area (Å²) in [7, 11) is -3.75. The van der Waals surface area contributed by atoms with Crippen molar-refractivity contribution in [1.82, 2.24) is 9.84 Å². The van der Waals surface area contributed by atoms with E-state index in [1.165, 1.54) is 12.1 Å². The van der Waals surface area contributed by atoms with Gasteiger partial charge in [-0.05, 0) is 23.8 Å². The lowest BCUT2D eigenvalue weighted by Gasteiger charge is -2.29. The Hall–Kier alpha value is -1.89. The van der Waals surface area contributed by atoms with Gasteiger partial charge in [0.1, 0.15) is 0 Å². The van der Waals surface area contributed by atoms with E-state index >= 15 is 0 Å². The number of amides is 1. The minimum absolute atomic E-state index is 0.00888.